The smallest absolute Gasteiger partial charge is 0.0697 e. The number of ether oxygens (including phenoxy) is 1. The lowest BCUT2D eigenvalue weighted by Crippen LogP contribution is -2.46. The summed E-state index contributed by atoms with van der Waals surface area (Å²) in [6.45, 7) is 9.07. The summed E-state index contributed by atoms with van der Waals surface area (Å²) in [5, 5.41) is 3.75. The van der Waals surface area contributed by atoms with Crippen LogP contribution in [0.15, 0.2) is 0 Å². The van der Waals surface area contributed by atoms with Crippen molar-refractivity contribution in [2.75, 3.05) is 13.2 Å². The zero-order valence-corrected chi connectivity index (χ0v) is 11.8. The molecule has 1 spiro atoms. The lowest BCUT2D eigenvalue weighted by Gasteiger charge is -2.39. The highest BCUT2D eigenvalue weighted by atomic mass is 16.5. The zero-order valence-electron chi connectivity index (χ0n) is 11.8. The average Bonchev–Trinajstić information content (AvgIpc) is 2.64. The van der Waals surface area contributed by atoms with Crippen molar-refractivity contribution in [2.45, 2.75) is 77.4 Å². The maximum atomic E-state index is 6.06. The summed E-state index contributed by atoms with van der Waals surface area (Å²) >= 11 is 0. The molecular formula is C15H29NO. The number of hydrogen-bond donors (Lipinski definition) is 1. The summed E-state index contributed by atoms with van der Waals surface area (Å²) in [6, 6.07) is 0.698. The molecular weight excluding hydrogens is 210 g/mol. The van der Waals surface area contributed by atoms with E-state index in [1.807, 2.05) is 0 Å². The molecule has 0 aromatic heterocycles. The highest BCUT2D eigenvalue weighted by molar-refractivity contribution is 4.93. The number of nitrogens with one attached hydrogen (secondary N) is 1. The van der Waals surface area contributed by atoms with Crippen molar-refractivity contribution in [3.63, 3.8) is 0 Å². The van der Waals surface area contributed by atoms with Crippen LogP contribution in [-0.2, 0) is 4.74 Å². The quantitative estimate of drug-likeness (QED) is 0.814. The van der Waals surface area contributed by atoms with Gasteiger partial charge in [-0.1, -0.05) is 33.6 Å². The maximum absolute atomic E-state index is 6.06. The summed E-state index contributed by atoms with van der Waals surface area (Å²) in [5.41, 5.74) is 0.709. The summed E-state index contributed by atoms with van der Waals surface area (Å²) < 4.78 is 6.06. The average molecular weight is 239 g/mol. The molecule has 1 N–H and O–H groups in total. The molecule has 2 rings (SSSR count). The molecule has 0 bridgehead atoms. The van der Waals surface area contributed by atoms with E-state index in [9.17, 15) is 0 Å². The Morgan fingerprint density at radius 3 is 2.59 bits per heavy atom. The molecule has 1 aliphatic heterocycles. The third-order valence-corrected chi connectivity index (χ3v) is 4.32. The molecule has 1 aliphatic carbocycles. The van der Waals surface area contributed by atoms with Crippen LogP contribution >= 0.6 is 0 Å². The SMILES string of the molecule is CC(C)(C)CCNC1CCOC2(CCCC2)C1. The van der Waals surface area contributed by atoms with Crippen LogP contribution in [0.1, 0.15) is 65.7 Å². The molecule has 1 saturated heterocycles. The van der Waals surface area contributed by atoms with Crippen molar-refractivity contribution in [1.29, 1.82) is 0 Å². The molecule has 1 heterocycles. The molecule has 2 aliphatic rings. The van der Waals surface area contributed by atoms with Gasteiger partial charge in [0.1, 0.15) is 0 Å². The first-order valence-electron chi connectivity index (χ1n) is 7.37. The summed E-state index contributed by atoms with van der Waals surface area (Å²) in [4.78, 5) is 0. The van der Waals surface area contributed by atoms with Crippen LogP contribution in [0, 0.1) is 5.41 Å². The minimum atomic E-state index is 0.262. The van der Waals surface area contributed by atoms with Crippen LogP contribution in [-0.4, -0.2) is 24.8 Å². The largest absolute Gasteiger partial charge is 0.375 e. The number of rotatable bonds is 3. The van der Waals surface area contributed by atoms with E-state index in [0.29, 0.717) is 11.5 Å². The van der Waals surface area contributed by atoms with Gasteiger partial charge in [-0.05, 0) is 44.1 Å². The minimum absolute atomic E-state index is 0.262. The van der Waals surface area contributed by atoms with E-state index < -0.39 is 0 Å². The van der Waals surface area contributed by atoms with Gasteiger partial charge in [0.05, 0.1) is 5.60 Å². The molecule has 0 amide bonds. The molecule has 2 heteroatoms. The Bertz CT molecular complexity index is 238. The molecule has 2 nitrogen and oxygen atoms in total. The van der Waals surface area contributed by atoms with Gasteiger partial charge in [0.15, 0.2) is 0 Å². The first-order valence-corrected chi connectivity index (χ1v) is 7.37. The van der Waals surface area contributed by atoms with E-state index in [0.717, 1.165) is 13.2 Å². The minimum Gasteiger partial charge on any atom is -0.375 e. The fraction of sp³-hybridized carbons (Fsp3) is 1.00. The Kier molecular flexibility index (Phi) is 4.14. The Balaban J connectivity index is 1.74. The van der Waals surface area contributed by atoms with Gasteiger partial charge >= 0.3 is 0 Å². The topological polar surface area (TPSA) is 21.3 Å². The van der Waals surface area contributed by atoms with Crippen LogP contribution in [0.4, 0.5) is 0 Å². The van der Waals surface area contributed by atoms with Gasteiger partial charge in [0, 0.05) is 12.6 Å². The van der Waals surface area contributed by atoms with Crippen LogP contribution in [0.3, 0.4) is 0 Å². The Morgan fingerprint density at radius 1 is 1.24 bits per heavy atom. The van der Waals surface area contributed by atoms with Gasteiger partial charge in [-0.25, -0.2) is 0 Å². The van der Waals surface area contributed by atoms with Gasteiger partial charge < -0.3 is 10.1 Å². The summed E-state index contributed by atoms with van der Waals surface area (Å²) in [6.07, 6.45) is 9.04. The lowest BCUT2D eigenvalue weighted by molar-refractivity contribution is -0.0836. The van der Waals surface area contributed by atoms with Gasteiger partial charge in [0.2, 0.25) is 0 Å². The van der Waals surface area contributed by atoms with E-state index in [4.69, 9.17) is 4.74 Å². The van der Waals surface area contributed by atoms with Crippen molar-refractivity contribution >= 4 is 0 Å². The zero-order chi connectivity index (χ0) is 12.4. The van der Waals surface area contributed by atoms with E-state index in [2.05, 4.69) is 26.1 Å². The molecule has 100 valence electrons. The second kappa shape index (κ2) is 5.27. The van der Waals surface area contributed by atoms with Crippen molar-refractivity contribution in [1.82, 2.24) is 5.32 Å². The normalized spacial score (nSPS) is 28.8. The monoisotopic (exact) mass is 239 g/mol. The van der Waals surface area contributed by atoms with Gasteiger partial charge in [-0.3, -0.25) is 0 Å². The maximum Gasteiger partial charge on any atom is 0.0697 e. The molecule has 0 aromatic rings. The Morgan fingerprint density at radius 2 is 1.94 bits per heavy atom. The summed E-state index contributed by atoms with van der Waals surface area (Å²) in [5.74, 6) is 0. The van der Waals surface area contributed by atoms with Crippen molar-refractivity contribution < 1.29 is 4.74 Å². The van der Waals surface area contributed by atoms with E-state index >= 15 is 0 Å². The van der Waals surface area contributed by atoms with Crippen LogP contribution < -0.4 is 5.32 Å². The fourth-order valence-corrected chi connectivity index (χ4v) is 3.22. The second-order valence-corrected chi connectivity index (χ2v) is 7.19. The van der Waals surface area contributed by atoms with E-state index in [1.54, 1.807) is 0 Å². The third-order valence-electron chi connectivity index (χ3n) is 4.32. The highest BCUT2D eigenvalue weighted by Gasteiger charge is 2.39. The van der Waals surface area contributed by atoms with Crippen LogP contribution in [0.2, 0.25) is 0 Å². The third kappa shape index (κ3) is 3.96. The van der Waals surface area contributed by atoms with Gasteiger partial charge in [-0.15, -0.1) is 0 Å². The molecule has 1 unspecified atom stereocenters. The van der Waals surface area contributed by atoms with Crippen molar-refractivity contribution in [2.24, 2.45) is 5.41 Å². The predicted octanol–water partition coefficient (Wildman–Crippen LogP) is 3.50. The van der Waals surface area contributed by atoms with E-state index in [1.165, 1.54) is 44.9 Å². The molecule has 1 saturated carbocycles. The number of hydrogen-bond acceptors (Lipinski definition) is 2. The first-order chi connectivity index (χ1) is 7.99. The molecule has 2 fully saturated rings. The highest BCUT2D eigenvalue weighted by Crippen LogP contribution is 2.39. The standard InChI is InChI=1S/C15H29NO/c1-14(2,3)9-10-16-13-6-11-17-15(12-13)7-4-5-8-15/h13,16H,4-12H2,1-3H3. The van der Waals surface area contributed by atoms with Crippen LogP contribution in [0.5, 0.6) is 0 Å². The Hall–Kier alpha value is -0.0800. The fourth-order valence-electron chi connectivity index (χ4n) is 3.22. The first kappa shape index (κ1) is 13.4. The van der Waals surface area contributed by atoms with Crippen molar-refractivity contribution in [3.8, 4) is 0 Å². The summed E-state index contributed by atoms with van der Waals surface area (Å²) in [7, 11) is 0. The molecule has 1 atom stereocenters. The van der Waals surface area contributed by atoms with Gasteiger partial charge in [0.25, 0.3) is 0 Å². The molecule has 0 radical (unpaired) electrons. The van der Waals surface area contributed by atoms with Gasteiger partial charge in [-0.2, -0.15) is 0 Å². The second-order valence-electron chi connectivity index (χ2n) is 7.19. The predicted molar refractivity (Wildman–Crippen MR) is 72.2 cm³/mol. The van der Waals surface area contributed by atoms with Crippen molar-refractivity contribution in [3.05, 3.63) is 0 Å². The van der Waals surface area contributed by atoms with E-state index in [-0.39, 0.29) is 5.60 Å². The molecule has 17 heavy (non-hydrogen) atoms. The lowest BCUT2D eigenvalue weighted by atomic mass is 9.88. The Labute approximate surface area is 107 Å². The van der Waals surface area contributed by atoms with Crippen LogP contribution in [0.25, 0.3) is 0 Å². The molecule has 0 aromatic carbocycles.